The molecule has 1 aromatic rings. The molecule has 0 aliphatic carbocycles. The topological polar surface area (TPSA) is 65.1 Å². The monoisotopic (exact) mass is 416 g/mol. The van der Waals surface area contributed by atoms with Crippen molar-refractivity contribution in [3.8, 4) is 5.75 Å². The number of piperazine rings is 1. The van der Waals surface area contributed by atoms with Gasteiger partial charge in [-0.15, -0.1) is 0 Å². The largest absolute Gasteiger partial charge is 0.413 e. The molecule has 166 valence electrons. The highest BCUT2D eigenvalue weighted by Crippen LogP contribution is 2.29. The van der Waals surface area contributed by atoms with Gasteiger partial charge in [0, 0.05) is 44.8 Å². The number of likely N-dealkylation sites (N-methyl/N-ethyl adjacent to an activating group) is 1. The van der Waals surface area contributed by atoms with Crippen molar-refractivity contribution in [1.29, 1.82) is 0 Å². The van der Waals surface area contributed by atoms with E-state index in [-0.39, 0.29) is 11.4 Å². The van der Waals surface area contributed by atoms with Gasteiger partial charge in [0.1, 0.15) is 5.75 Å². The first-order valence-corrected chi connectivity index (χ1v) is 11.0. The molecule has 7 nitrogen and oxygen atoms in total. The zero-order chi connectivity index (χ0) is 21.7. The number of nitrogens with one attached hydrogen (secondary N) is 1. The number of nitrogens with zero attached hydrogens (tertiary/aromatic N) is 3. The predicted octanol–water partition coefficient (Wildman–Crippen LogP) is 2.53. The highest BCUT2D eigenvalue weighted by Gasteiger charge is 2.26. The third kappa shape index (κ3) is 6.71. The molecule has 0 spiro atoms. The molecule has 2 aliphatic rings. The van der Waals surface area contributed by atoms with Crippen molar-refractivity contribution in [2.24, 2.45) is 0 Å². The quantitative estimate of drug-likeness (QED) is 0.817. The number of piperidine rings is 1. The van der Waals surface area contributed by atoms with Crippen molar-refractivity contribution in [3.63, 3.8) is 0 Å². The van der Waals surface area contributed by atoms with Crippen molar-refractivity contribution in [2.75, 3.05) is 52.9 Å². The Bertz CT molecular complexity index is 713. The van der Waals surface area contributed by atoms with E-state index in [4.69, 9.17) is 4.74 Å². The molecule has 2 amide bonds. The normalized spacial score (nSPS) is 19.5. The molecule has 30 heavy (non-hydrogen) atoms. The molecule has 2 aliphatic heterocycles. The zero-order valence-electron chi connectivity index (χ0n) is 18.8. The first-order valence-electron chi connectivity index (χ1n) is 11.0. The van der Waals surface area contributed by atoms with E-state index < -0.39 is 6.09 Å². The summed E-state index contributed by atoms with van der Waals surface area (Å²) in [6.07, 6.45) is 1.50. The summed E-state index contributed by atoms with van der Waals surface area (Å²) < 4.78 is 5.35. The lowest BCUT2D eigenvalue weighted by molar-refractivity contribution is -0.133. The fourth-order valence-electron chi connectivity index (χ4n) is 4.01. The number of amides is 2. The van der Waals surface area contributed by atoms with Crippen LogP contribution in [0.3, 0.4) is 0 Å². The van der Waals surface area contributed by atoms with Gasteiger partial charge in [-0.2, -0.15) is 0 Å². The van der Waals surface area contributed by atoms with Crippen molar-refractivity contribution in [3.05, 3.63) is 29.8 Å². The van der Waals surface area contributed by atoms with Crippen molar-refractivity contribution in [1.82, 2.24) is 20.0 Å². The van der Waals surface area contributed by atoms with Gasteiger partial charge in [-0.25, -0.2) is 4.79 Å². The van der Waals surface area contributed by atoms with Gasteiger partial charge in [0.25, 0.3) is 0 Å². The summed E-state index contributed by atoms with van der Waals surface area (Å²) in [5.74, 6) is 1.24. The summed E-state index contributed by atoms with van der Waals surface area (Å²) in [6.45, 7) is 11.9. The highest BCUT2D eigenvalue weighted by atomic mass is 16.6. The molecule has 7 heteroatoms. The number of hydrogen-bond donors (Lipinski definition) is 1. The maximum absolute atomic E-state index is 12.7. The summed E-state index contributed by atoms with van der Waals surface area (Å²) in [4.78, 5) is 31.1. The van der Waals surface area contributed by atoms with E-state index in [0.29, 0.717) is 18.2 Å². The van der Waals surface area contributed by atoms with Gasteiger partial charge >= 0.3 is 6.09 Å². The molecule has 0 atom stereocenters. The summed E-state index contributed by atoms with van der Waals surface area (Å²) in [6, 6.07) is 7.77. The second-order valence-corrected chi connectivity index (χ2v) is 9.57. The van der Waals surface area contributed by atoms with Crippen molar-refractivity contribution in [2.45, 2.75) is 45.1 Å². The number of carbonyl (C=O) groups excluding carboxylic acids is 2. The third-order valence-corrected chi connectivity index (χ3v) is 5.84. The van der Waals surface area contributed by atoms with Gasteiger partial charge in [-0.05, 0) is 64.3 Å². The second kappa shape index (κ2) is 9.79. The standard InChI is InChI=1S/C23H36N4O3/c1-23(2,3)24-22(29)30-20-7-5-18(6-8-20)19-9-11-27(12-10-19)21(28)17-26-15-13-25(4)14-16-26/h5-8,19H,9-17H2,1-4H3,(H,24,29). The van der Waals surface area contributed by atoms with Crippen molar-refractivity contribution < 1.29 is 14.3 Å². The van der Waals surface area contributed by atoms with Crippen LogP contribution in [-0.4, -0.2) is 85.1 Å². The predicted molar refractivity (Wildman–Crippen MR) is 118 cm³/mol. The number of benzene rings is 1. The van der Waals surface area contributed by atoms with Crippen LogP contribution in [0.1, 0.15) is 45.1 Å². The Hall–Kier alpha value is -2.12. The van der Waals surface area contributed by atoms with E-state index in [1.807, 2.05) is 49.9 Å². The van der Waals surface area contributed by atoms with Gasteiger partial charge in [-0.3, -0.25) is 9.69 Å². The first kappa shape index (κ1) is 22.6. The molecule has 0 saturated carbocycles. The number of hydrogen-bond acceptors (Lipinski definition) is 5. The molecule has 3 rings (SSSR count). The number of carbonyl (C=O) groups is 2. The second-order valence-electron chi connectivity index (χ2n) is 9.57. The van der Waals surface area contributed by atoms with Crippen LogP contribution in [0.2, 0.25) is 0 Å². The summed E-state index contributed by atoms with van der Waals surface area (Å²) >= 11 is 0. The Morgan fingerprint density at radius 2 is 1.60 bits per heavy atom. The SMILES string of the molecule is CN1CCN(CC(=O)N2CCC(c3ccc(OC(=O)NC(C)(C)C)cc3)CC2)CC1. The first-order chi connectivity index (χ1) is 14.2. The van der Waals surface area contributed by atoms with E-state index in [1.165, 1.54) is 5.56 Å². The Morgan fingerprint density at radius 1 is 1.00 bits per heavy atom. The number of likely N-dealkylation sites (tertiary alicyclic amines) is 1. The molecule has 2 heterocycles. The van der Waals surface area contributed by atoms with Gasteiger partial charge < -0.3 is 19.9 Å². The molecule has 1 N–H and O–H groups in total. The lowest BCUT2D eigenvalue weighted by Crippen LogP contribution is -2.50. The smallest absolute Gasteiger partial charge is 0.410 e. The Labute approximate surface area is 180 Å². The average molecular weight is 417 g/mol. The lowest BCUT2D eigenvalue weighted by atomic mass is 9.89. The molecule has 0 unspecified atom stereocenters. The van der Waals surface area contributed by atoms with Crippen LogP contribution < -0.4 is 10.1 Å². The van der Waals surface area contributed by atoms with Crippen LogP contribution in [0.15, 0.2) is 24.3 Å². The Kier molecular flexibility index (Phi) is 7.36. The number of rotatable bonds is 4. The van der Waals surface area contributed by atoms with Crippen molar-refractivity contribution >= 4 is 12.0 Å². The van der Waals surface area contributed by atoms with Crippen LogP contribution in [0.5, 0.6) is 5.75 Å². The van der Waals surface area contributed by atoms with Crippen LogP contribution in [0.25, 0.3) is 0 Å². The minimum absolute atomic E-state index is 0.256. The van der Waals surface area contributed by atoms with E-state index >= 15 is 0 Å². The van der Waals surface area contributed by atoms with Crippen LogP contribution >= 0.6 is 0 Å². The maximum Gasteiger partial charge on any atom is 0.413 e. The van der Waals surface area contributed by atoms with Gasteiger partial charge in [0.05, 0.1) is 6.54 Å². The fraction of sp³-hybridized carbons (Fsp3) is 0.652. The fourth-order valence-corrected chi connectivity index (χ4v) is 4.01. The zero-order valence-corrected chi connectivity index (χ0v) is 18.8. The highest BCUT2D eigenvalue weighted by molar-refractivity contribution is 5.78. The van der Waals surface area contributed by atoms with Crippen LogP contribution in [-0.2, 0) is 4.79 Å². The minimum atomic E-state index is -0.442. The summed E-state index contributed by atoms with van der Waals surface area (Å²) in [5, 5.41) is 2.79. The molecule has 0 bridgehead atoms. The van der Waals surface area contributed by atoms with E-state index in [2.05, 4.69) is 22.2 Å². The van der Waals surface area contributed by atoms with Gasteiger partial charge in [0.2, 0.25) is 5.91 Å². The molecular weight excluding hydrogens is 380 g/mol. The molecule has 1 aromatic carbocycles. The minimum Gasteiger partial charge on any atom is -0.410 e. The van der Waals surface area contributed by atoms with Crippen LogP contribution in [0, 0.1) is 0 Å². The molecular formula is C23H36N4O3. The van der Waals surface area contributed by atoms with E-state index in [9.17, 15) is 9.59 Å². The Balaban J connectivity index is 1.44. The Morgan fingerprint density at radius 3 is 2.17 bits per heavy atom. The van der Waals surface area contributed by atoms with Gasteiger partial charge in [-0.1, -0.05) is 12.1 Å². The summed E-state index contributed by atoms with van der Waals surface area (Å²) in [5.41, 5.74) is 0.914. The maximum atomic E-state index is 12.7. The molecule has 2 fully saturated rings. The molecule has 0 aromatic heterocycles. The molecule has 0 radical (unpaired) electrons. The average Bonchev–Trinajstić information content (AvgIpc) is 2.69. The lowest BCUT2D eigenvalue weighted by Gasteiger charge is -2.36. The van der Waals surface area contributed by atoms with E-state index in [1.54, 1.807) is 0 Å². The molecule has 2 saturated heterocycles. The number of ether oxygens (including phenoxy) is 1. The summed E-state index contributed by atoms with van der Waals surface area (Å²) in [7, 11) is 2.13. The third-order valence-electron chi connectivity index (χ3n) is 5.84. The van der Waals surface area contributed by atoms with E-state index in [0.717, 1.165) is 52.1 Å². The van der Waals surface area contributed by atoms with Crippen LogP contribution in [0.4, 0.5) is 4.79 Å². The van der Waals surface area contributed by atoms with Gasteiger partial charge in [0.15, 0.2) is 0 Å².